The van der Waals surface area contributed by atoms with Gasteiger partial charge in [0, 0.05) is 19.8 Å². The van der Waals surface area contributed by atoms with Gasteiger partial charge in [0.05, 0.1) is 33.8 Å². The van der Waals surface area contributed by atoms with E-state index in [9.17, 15) is 9.59 Å². The molecule has 0 aliphatic rings. The van der Waals surface area contributed by atoms with Crippen molar-refractivity contribution >= 4 is 43.1 Å². The highest BCUT2D eigenvalue weighted by Gasteiger charge is 2.15. The van der Waals surface area contributed by atoms with Gasteiger partial charge in [-0.05, 0) is 43.0 Å². The fraction of sp³-hybridized carbons (Fsp3) is 0.440. The van der Waals surface area contributed by atoms with Crippen LogP contribution in [0.1, 0.15) is 33.1 Å². The lowest BCUT2D eigenvalue weighted by molar-refractivity contribution is 0.0833. The molecule has 0 aliphatic heterocycles. The van der Waals surface area contributed by atoms with E-state index in [1.807, 2.05) is 57.7 Å². The number of hydrogen-bond donors (Lipinski definition) is 0. The third-order valence-electron chi connectivity index (χ3n) is 5.78. The van der Waals surface area contributed by atoms with Crippen LogP contribution >= 0.6 is 22.7 Å². The number of rotatable bonds is 12. The summed E-state index contributed by atoms with van der Waals surface area (Å²) in [5, 5.41) is 0. The van der Waals surface area contributed by atoms with Crippen molar-refractivity contribution in [2.75, 3.05) is 19.8 Å². The summed E-state index contributed by atoms with van der Waals surface area (Å²) in [6.45, 7) is 7.46. The molecule has 176 valence electrons. The van der Waals surface area contributed by atoms with E-state index in [-0.39, 0.29) is 9.75 Å². The molecular formula is C25H31N3O3S2. The first-order chi connectivity index (χ1) is 16.1. The van der Waals surface area contributed by atoms with E-state index in [4.69, 9.17) is 4.74 Å². The molecule has 1 atom stereocenters. The van der Waals surface area contributed by atoms with Crippen LogP contribution in [0, 0.1) is 5.92 Å². The van der Waals surface area contributed by atoms with Crippen molar-refractivity contribution in [1.82, 2.24) is 14.0 Å². The molecule has 0 saturated heterocycles. The van der Waals surface area contributed by atoms with Crippen LogP contribution in [0.2, 0.25) is 0 Å². The Balaban J connectivity index is 1.51. The normalized spacial score (nSPS) is 12.8. The monoisotopic (exact) mass is 485 g/mol. The molecule has 0 aliphatic carbocycles. The molecule has 4 rings (SSSR count). The molecule has 2 aromatic carbocycles. The Morgan fingerprint density at radius 1 is 0.909 bits per heavy atom. The molecule has 8 heteroatoms. The highest BCUT2D eigenvalue weighted by molar-refractivity contribution is 7.16. The third kappa shape index (κ3) is 5.81. The number of benzene rings is 2. The topological polar surface area (TPSA) is 56.5 Å². The van der Waals surface area contributed by atoms with E-state index >= 15 is 0 Å². The van der Waals surface area contributed by atoms with E-state index < -0.39 is 0 Å². The standard InChI is InChI=1S/C25H31N3O3S2/c1-3-9-19(2)16-31-15-8-14-26(17-27-20-10-4-6-12-22(20)32-24(27)29)18-28-21-11-5-7-13-23(21)33-25(28)30/h4-7,10-13,19H,3,8-9,14-18H2,1-2H3. The molecular weight excluding hydrogens is 454 g/mol. The van der Waals surface area contributed by atoms with Gasteiger partial charge in [0.2, 0.25) is 0 Å². The first-order valence-corrected chi connectivity index (χ1v) is 13.2. The van der Waals surface area contributed by atoms with Gasteiger partial charge in [-0.2, -0.15) is 0 Å². The average Bonchev–Trinajstić information content (AvgIpc) is 3.29. The van der Waals surface area contributed by atoms with Gasteiger partial charge >= 0.3 is 9.75 Å². The predicted octanol–water partition coefficient (Wildman–Crippen LogP) is 5.20. The van der Waals surface area contributed by atoms with Gasteiger partial charge in [0.25, 0.3) is 0 Å². The Bertz CT molecular complexity index is 1210. The number of nitrogens with zero attached hydrogens (tertiary/aromatic N) is 3. The molecule has 1 unspecified atom stereocenters. The van der Waals surface area contributed by atoms with Crippen LogP contribution in [0.5, 0.6) is 0 Å². The first kappa shape index (κ1) is 23.9. The maximum Gasteiger partial charge on any atom is 0.309 e. The Hall–Kier alpha value is -2.26. The molecule has 2 heterocycles. The number of thiazole rings is 2. The number of ether oxygens (including phenoxy) is 1. The summed E-state index contributed by atoms with van der Waals surface area (Å²) in [4.78, 5) is 27.7. The summed E-state index contributed by atoms with van der Waals surface area (Å²) < 4.78 is 11.5. The molecule has 6 nitrogen and oxygen atoms in total. The zero-order chi connectivity index (χ0) is 23.2. The minimum absolute atomic E-state index is 0.0216. The molecule has 2 aromatic heterocycles. The second-order valence-electron chi connectivity index (χ2n) is 8.53. The van der Waals surface area contributed by atoms with Gasteiger partial charge in [-0.3, -0.25) is 23.6 Å². The van der Waals surface area contributed by atoms with E-state index in [1.165, 1.54) is 35.5 Å². The van der Waals surface area contributed by atoms with Crippen molar-refractivity contribution in [3.05, 3.63) is 67.9 Å². The summed E-state index contributed by atoms with van der Waals surface area (Å²) >= 11 is 2.53. The van der Waals surface area contributed by atoms with E-state index in [0.717, 1.165) is 40.0 Å². The van der Waals surface area contributed by atoms with Gasteiger partial charge < -0.3 is 4.74 Å². The molecule has 0 radical (unpaired) electrons. The lowest BCUT2D eigenvalue weighted by atomic mass is 10.1. The van der Waals surface area contributed by atoms with Crippen molar-refractivity contribution < 1.29 is 4.74 Å². The largest absolute Gasteiger partial charge is 0.381 e. The highest BCUT2D eigenvalue weighted by Crippen LogP contribution is 2.19. The van der Waals surface area contributed by atoms with Crippen LogP contribution in [0.3, 0.4) is 0 Å². The van der Waals surface area contributed by atoms with Crippen LogP contribution in [0.4, 0.5) is 0 Å². The molecule has 33 heavy (non-hydrogen) atoms. The quantitative estimate of drug-likeness (QED) is 0.259. The van der Waals surface area contributed by atoms with Crippen molar-refractivity contribution in [2.45, 2.75) is 46.4 Å². The van der Waals surface area contributed by atoms with Crippen molar-refractivity contribution in [1.29, 1.82) is 0 Å². The summed E-state index contributed by atoms with van der Waals surface area (Å²) in [6, 6.07) is 15.7. The maximum atomic E-state index is 12.7. The van der Waals surface area contributed by atoms with Crippen molar-refractivity contribution in [2.24, 2.45) is 5.92 Å². The first-order valence-electron chi connectivity index (χ1n) is 11.5. The SMILES string of the molecule is CCCC(C)COCCCN(Cn1c(=O)sc2ccccc21)Cn1c(=O)sc2ccccc21. The zero-order valence-corrected chi connectivity index (χ0v) is 20.9. The Morgan fingerprint density at radius 2 is 1.45 bits per heavy atom. The molecule has 0 fully saturated rings. The number of para-hydroxylation sites is 2. The molecule has 0 amide bonds. The molecule has 4 aromatic rings. The van der Waals surface area contributed by atoms with Crippen molar-refractivity contribution in [3.63, 3.8) is 0 Å². The molecule has 0 bridgehead atoms. The molecule has 0 N–H and O–H groups in total. The third-order valence-corrected chi connectivity index (χ3v) is 7.70. The fourth-order valence-corrected chi connectivity index (χ4v) is 5.90. The van der Waals surface area contributed by atoms with Crippen LogP contribution in [-0.4, -0.2) is 33.8 Å². The Morgan fingerprint density at radius 3 is 2.00 bits per heavy atom. The molecule has 0 spiro atoms. The number of fused-ring (bicyclic) bond motifs is 2. The number of hydrogen-bond acceptors (Lipinski definition) is 6. The van der Waals surface area contributed by atoms with Gasteiger partial charge in [-0.25, -0.2) is 0 Å². The van der Waals surface area contributed by atoms with E-state index in [1.54, 1.807) is 0 Å². The molecule has 0 saturated carbocycles. The lowest BCUT2D eigenvalue weighted by Gasteiger charge is -2.23. The van der Waals surface area contributed by atoms with Crippen LogP contribution in [-0.2, 0) is 18.1 Å². The van der Waals surface area contributed by atoms with Crippen LogP contribution in [0.15, 0.2) is 58.1 Å². The zero-order valence-electron chi connectivity index (χ0n) is 19.2. The van der Waals surface area contributed by atoms with Crippen molar-refractivity contribution in [3.8, 4) is 0 Å². The van der Waals surface area contributed by atoms with E-state index in [0.29, 0.717) is 25.9 Å². The van der Waals surface area contributed by atoms with E-state index in [2.05, 4.69) is 18.7 Å². The van der Waals surface area contributed by atoms with Gasteiger partial charge in [0.1, 0.15) is 0 Å². The summed E-state index contributed by atoms with van der Waals surface area (Å²) in [7, 11) is 0. The second-order valence-corrected chi connectivity index (χ2v) is 10.5. The van der Waals surface area contributed by atoms with Gasteiger partial charge in [-0.15, -0.1) is 0 Å². The van der Waals surface area contributed by atoms with Crippen LogP contribution in [0.25, 0.3) is 20.4 Å². The average molecular weight is 486 g/mol. The Labute approximate surface area is 201 Å². The predicted molar refractivity (Wildman–Crippen MR) is 138 cm³/mol. The highest BCUT2D eigenvalue weighted by atomic mass is 32.1. The van der Waals surface area contributed by atoms with Crippen LogP contribution < -0.4 is 9.75 Å². The minimum Gasteiger partial charge on any atom is -0.381 e. The summed E-state index contributed by atoms with van der Waals surface area (Å²) in [6.07, 6.45) is 3.19. The van der Waals surface area contributed by atoms with Gasteiger partial charge in [-0.1, -0.05) is 67.2 Å². The minimum atomic E-state index is 0.0216. The smallest absolute Gasteiger partial charge is 0.309 e. The number of aromatic nitrogens is 2. The maximum absolute atomic E-state index is 12.7. The fourth-order valence-electron chi connectivity index (χ4n) is 4.13. The summed E-state index contributed by atoms with van der Waals surface area (Å²) in [5.74, 6) is 0.567. The van der Waals surface area contributed by atoms with Gasteiger partial charge in [0.15, 0.2) is 0 Å². The Kier molecular flexibility index (Phi) is 8.14. The lowest BCUT2D eigenvalue weighted by Crippen LogP contribution is -2.35. The summed E-state index contributed by atoms with van der Waals surface area (Å²) in [5.41, 5.74) is 1.87. The second kappa shape index (κ2) is 11.2.